The van der Waals surface area contributed by atoms with Crippen molar-refractivity contribution in [3.8, 4) is 0 Å². The summed E-state index contributed by atoms with van der Waals surface area (Å²) in [4.78, 5) is 0. The van der Waals surface area contributed by atoms with Crippen LogP contribution < -0.4 is 5.32 Å². The van der Waals surface area contributed by atoms with E-state index in [0.29, 0.717) is 37.0 Å². The van der Waals surface area contributed by atoms with Crippen molar-refractivity contribution < 1.29 is 8.42 Å². The Morgan fingerprint density at radius 2 is 2.11 bits per heavy atom. The summed E-state index contributed by atoms with van der Waals surface area (Å²) < 4.78 is 26.9. The lowest BCUT2D eigenvalue weighted by atomic mass is 10.0. The molecule has 106 valence electrons. The Balaban J connectivity index is 1.85. The SMILES string of the molecule is CNCc1cn[nH]c1S(=O)(=O)N1CC2CCCC2C1. The van der Waals surface area contributed by atoms with E-state index < -0.39 is 10.0 Å². The summed E-state index contributed by atoms with van der Waals surface area (Å²) in [7, 11) is -1.62. The zero-order valence-electron chi connectivity index (χ0n) is 11.1. The first-order chi connectivity index (χ1) is 9.13. The average molecular weight is 284 g/mol. The molecule has 1 aliphatic carbocycles. The molecule has 0 radical (unpaired) electrons. The molecule has 6 nitrogen and oxygen atoms in total. The topological polar surface area (TPSA) is 78.1 Å². The van der Waals surface area contributed by atoms with Crippen LogP contribution in [0.2, 0.25) is 0 Å². The number of H-pyrrole nitrogens is 1. The fourth-order valence-corrected chi connectivity index (χ4v) is 5.01. The minimum Gasteiger partial charge on any atom is -0.316 e. The smallest absolute Gasteiger partial charge is 0.260 e. The molecule has 1 aromatic heterocycles. The Bertz CT molecular complexity index is 542. The van der Waals surface area contributed by atoms with E-state index in [1.165, 1.54) is 19.3 Å². The molecule has 7 heteroatoms. The van der Waals surface area contributed by atoms with Crippen LogP contribution in [-0.4, -0.2) is 43.1 Å². The maximum absolute atomic E-state index is 12.6. The van der Waals surface area contributed by atoms with E-state index in [1.54, 1.807) is 17.5 Å². The van der Waals surface area contributed by atoms with Crippen LogP contribution in [0.4, 0.5) is 0 Å². The first-order valence-electron chi connectivity index (χ1n) is 6.80. The van der Waals surface area contributed by atoms with Gasteiger partial charge >= 0.3 is 0 Å². The summed E-state index contributed by atoms with van der Waals surface area (Å²) in [6.07, 6.45) is 5.17. The lowest BCUT2D eigenvalue weighted by Crippen LogP contribution is -2.31. The third-order valence-corrected chi connectivity index (χ3v) is 6.18. The lowest BCUT2D eigenvalue weighted by Gasteiger charge is -2.17. The van der Waals surface area contributed by atoms with Gasteiger partial charge in [-0.2, -0.15) is 9.40 Å². The first kappa shape index (κ1) is 13.1. The van der Waals surface area contributed by atoms with Gasteiger partial charge < -0.3 is 5.32 Å². The molecular weight excluding hydrogens is 264 g/mol. The van der Waals surface area contributed by atoms with Gasteiger partial charge in [0.2, 0.25) is 0 Å². The van der Waals surface area contributed by atoms with Crippen molar-refractivity contribution in [2.45, 2.75) is 30.8 Å². The van der Waals surface area contributed by atoms with Crippen LogP contribution in [0.1, 0.15) is 24.8 Å². The molecule has 2 unspecified atom stereocenters. The molecule has 1 saturated heterocycles. The highest BCUT2D eigenvalue weighted by atomic mass is 32.2. The minimum atomic E-state index is -3.41. The summed E-state index contributed by atoms with van der Waals surface area (Å²) in [6.45, 7) is 1.85. The number of fused-ring (bicyclic) bond motifs is 1. The van der Waals surface area contributed by atoms with Crippen LogP contribution in [0.15, 0.2) is 11.2 Å². The molecule has 1 aromatic rings. The standard InChI is InChI=1S/C12H20N4O2S/c1-13-5-11-6-14-15-12(11)19(17,18)16-7-9-3-2-4-10(9)8-16/h6,9-10,13H,2-5,7-8H2,1H3,(H,14,15). The van der Waals surface area contributed by atoms with Gasteiger partial charge in [-0.3, -0.25) is 5.10 Å². The number of sulfonamides is 1. The number of nitrogens with one attached hydrogen (secondary N) is 2. The molecule has 2 atom stereocenters. The van der Waals surface area contributed by atoms with Gasteiger partial charge in [0, 0.05) is 25.2 Å². The van der Waals surface area contributed by atoms with Crippen molar-refractivity contribution in [2.75, 3.05) is 20.1 Å². The third kappa shape index (κ3) is 2.19. The van der Waals surface area contributed by atoms with E-state index in [0.717, 1.165) is 0 Å². The van der Waals surface area contributed by atoms with E-state index >= 15 is 0 Å². The Kier molecular flexibility index (Phi) is 3.36. The van der Waals surface area contributed by atoms with E-state index in [9.17, 15) is 8.42 Å². The Hall–Kier alpha value is -0.920. The van der Waals surface area contributed by atoms with Gasteiger partial charge in [0.05, 0.1) is 6.20 Å². The quantitative estimate of drug-likeness (QED) is 0.846. The molecule has 2 aliphatic rings. The van der Waals surface area contributed by atoms with Gasteiger partial charge in [0.25, 0.3) is 10.0 Å². The summed E-state index contributed by atoms with van der Waals surface area (Å²) in [5.41, 5.74) is 0.708. The third-order valence-electron chi connectivity index (χ3n) is 4.34. The number of hydrogen-bond donors (Lipinski definition) is 2. The molecule has 2 N–H and O–H groups in total. The maximum atomic E-state index is 12.6. The molecule has 2 heterocycles. The van der Waals surface area contributed by atoms with Crippen LogP contribution in [-0.2, 0) is 16.6 Å². The molecule has 0 spiro atoms. The van der Waals surface area contributed by atoms with Crippen LogP contribution in [0, 0.1) is 11.8 Å². The second-order valence-corrected chi connectivity index (χ2v) is 7.40. The number of hydrogen-bond acceptors (Lipinski definition) is 4. The second-order valence-electron chi connectivity index (χ2n) is 5.53. The minimum absolute atomic E-state index is 0.252. The van der Waals surface area contributed by atoms with Gasteiger partial charge in [-0.15, -0.1) is 0 Å². The second kappa shape index (κ2) is 4.88. The van der Waals surface area contributed by atoms with Gasteiger partial charge in [-0.05, 0) is 31.7 Å². The Morgan fingerprint density at radius 1 is 1.42 bits per heavy atom. The number of nitrogens with zero attached hydrogens (tertiary/aromatic N) is 2. The highest BCUT2D eigenvalue weighted by Gasteiger charge is 2.42. The zero-order chi connectivity index (χ0) is 13.5. The molecule has 0 aromatic carbocycles. The fourth-order valence-electron chi connectivity index (χ4n) is 3.36. The van der Waals surface area contributed by atoms with Crippen molar-refractivity contribution in [3.05, 3.63) is 11.8 Å². The monoisotopic (exact) mass is 284 g/mol. The van der Waals surface area contributed by atoms with E-state index in [1.807, 2.05) is 0 Å². The van der Waals surface area contributed by atoms with Crippen LogP contribution in [0.5, 0.6) is 0 Å². The summed E-state index contributed by atoms with van der Waals surface area (Å²) in [5.74, 6) is 1.12. The lowest BCUT2D eigenvalue weighted by molar-refractivity contribution is 0.442. The van der Waals surface area contributed by atoms with Crippen molar-refractivity contribution in [1.82, 2.24) is 19.8 Å². The molecule has 1 aliphatic heterocycles. The maximum Gasteiger partial charge on any atom is 0.260 e. The first-order valence-corrected chi connectivity index (χ1v) is 8.24. The fraction of sp³-hybridized carbons (Fsp3) is 0.750. The Morgan fingerprint density at radius 3 is 2.74 bits per heavy atom. The summed E-state index contributed by atoms with van der Waals surface area (Å²) in [6, 6.07) is 0. The van der Waals surface area contributed by atoms with Gasteiger partial charge in [0.15, 0.2) is 5.03 Å². The molecule has 1 saturated carbocycles. The van der Waals surface area contributed by atoms with Crippen LogP contribution >= 0.6 is 0 Å². The number of aromatic amines is 1. The zero-order valence-corrected chi connectivity index (χ0v) is 11.9. The van der Waals surface area contributed by atoms with Gasteiger partial charge in [-0.1, -0.05) is 6.42 Å². The van der Waals surface area contributed by atoms with Crippen LogP contribution in [0.25, 0.3) is 0 Å². The van der Waals surface area contributed by atoms with E-state index in [2.05, 4.69) is 15.5 Å². The van der Waals surface area contributed by atoms with E-state index in [-0.39, 0.29) is 5.03 Å². The summed E-state index contributed by atoms with van der Waals surface area (Å²) in [5, 5.41) is 9.76. The van der Waals surface area contributed by atoms with Crippen molar-refractivity contribution in [3.63, 3.8) is 0 Å². The Labute approximate surface area is 113 Å². The highest BCUT2D eigenvalue weighted by molar-refractivity contribution is 7.89. The van der Waals surface area contributed by atoms with E-state index in [4.69, 9.17) is 0 Å². The summed E-state index contributed by atoms with van der Waals surface area (Å²) >= 11 is 0. The molecule has 0 amide bonds. The number of aromatic nitrogens is 2. The molecule has 3 rings (SSSR count). The molecular formula is C12H20N4O2S. The molecule has 19 heavy (non-hydrogen) atoms. The van der Waals surface area contributed by atoms with Crippen molar-refractivity contribution in [2.24, 2.45) is 11.8 Å². The predicted molar refractivity (Wildman–Crippen MR) is 70.9 cm³/mol. The van der Waals surface area contributed by atoms with Crippen molar-refractivity contribution in [1.29, 1.82) is 0 Å². The highest BCUT2D eigenvalue weighted by Crippen LogP contribution is 2.39. The number of rotatable bonds is 4. The molecule has 2 fully saturated rings. The normalized spacial score (nSPS) is 27.8. The largest absolute Gasteiger partial charge is 0.316 e. The van der Waals surface area contributed by atoms with Crippen LogP contribution in [0.3, 0.4) is 0 Å². The predicted octanol–water partition coefficient (Wildman–Crippen LogP) is 0.550. The van der Waals surface area contributed by atoms with Gasteiger partial charge in [-0.25, -0.2) is 8.42 Å². The van der Waals surface area contributed by atoms with Crippen molar-refractivity contribution >= 4 is 10.0 Å². The molecule has 0 bridgehead atoms. The van der Waals surface area contributed by atoms with Gasteiger partial charge in [0.1, 0.15) is 0 Å². The average Bonchev–Trinajstić information content (AvgIpc) is 3.03.